The summed E-state index contributed by atoms with van der Waals surface area (Å²) < 4.78 is 16.2. The van der Waals surface area contributed by atoms with Gasteiger partial charge >= 0.3 is 5.63 Å². The van der Waals surface area contributed by atoms with E-state index in [-0.39, 0.29) is 5.91 Å². The van der Waals surface area contributed by atoms with Crippen molar-refractivity contribution in [2.45, 2.75) is 26.4 Å². The van der Waals surface area contributed by atoms with E-state index in [0.717, 1.165) is 50.2 Å². The lowest BCUT2D eigenvalue weighted by Crippen LogP contribution is -2.40. The Bertz CT molecular complexity index is 892. The minimum absolute atomic E-state index is 0.219. The summed E-state index contributed by atoms with van der Waals surface area (Å²) >= 11 is 6.28. The molecule has 1 N–H and O–H groups in total. The minimum Gasteiger partial charge on any atom is -0.479 e. The van der Waals surface area contributed by atoms with Crippen molar-refractivity contribution in [3.63, 3.8) is 0 Å². The van der Waals surface area contributed by atoms with Gasteiger partial charge in [0.25, 0.3) is 5.91 Å². The van der Waals surface area contributed by atoms with Gasteiger partial charge in [0.05, 0.1) is 18.2 Å². The molecule has 0 bridgehead atoms. The van der Waals surface area contributed by atoms with Gasteiger partial charge in [-0.15, -0.1) is 0 Å². The van der Waals surface area contributed by atoms with E-state index in [0.29, 0.717) is 22.9 Å². The maximum atomic E-state index is 12.3. The molecule has 1 aromatic heterocycles. The Morgan fingerprint density at radius 1 is 1.32 bits per heavy atom. The highest BCUT2D eigenvalue weighted by atomic mass is 35.5. The van der Waals surface area contributed by atoms with Gasteiger partial charge in [-0.05, 0) is 38.4 Å². The molecule has 1 saturated heterocycles. The molecule has 28 heavy (non-hydrogen) atoms. The fourth-order valence-corrected chi connectivity index (χ4v) is 3.34. The van der Waals surface area contributed by atoms with Crippen LogP contribution in [0.5, 0.6) is 5.75 Å². The first-order valence-electron chi connectivity index (χ1n) is 9.42. The van der Waals surface area contributed by atoms with Crippen molar-refractivity contribution in [1.29, 1.82) is 0 Å². The van der Waals surface area contributed by atoms with Crippen molar-refractivity contribution in [2.24, 2.45) is 0 Å². The predicted octanol–water partition coefficient (Wildman–Crippen LogP) is 2.36. The molecule has 0 radical (unpaired) electrons. The Kier molecular flexibility index (Phi) is 6.93. The summed E-state index contributed by atoms with van der Waals surface area (Å²) in [4.78, 5) is 26.2. The number of benzene rings is 1. The minimum atomic E-state index is -0.727. The van der Waals surface area contributed by atoms with Crippen LogP contribution in [0.15, 0.2) is 27.4 Å². The van der Waals surface area contributed by atoms with E-state index in [4.69, 9.17) is 25.5 Å². The highest BCUT2D eigenvalue weighted by Gasteiger charge is 2.18. The summed E-state index contributed by atoms with van der Waals surface area (Å²) in [6.07, 6.45) is 0.134. The van der Waals surface area contributed by atoms with Gasteiger partial charge in [-0.25, -0.2) is 4.79 Å². The second-order valence-corrected chi connectivity index (χ2v) is 7.29. The number of fused-ring (bicyclic) bond motifs is 1. The normalized spacial score (nSPS) is 16.1. The van der Waals surface area contributed by atoms with Crippen LogP contribution < -0.4 is 15.7 Å². The monoisotopic (exact) mass is 408 g/mol. The molecule has 0 spiro atoms. The van der Waals surface area contributed by atoms with Gasteiger partial charge < -0.3 is 19.2 Å². The number of rotatable bonds is 7. The summed E-state index contributed by atoms with van der Waals surface area (Å²) in [5.74, 6) is 0.0859. The molecule has 1 atom stereocenters. The number of hydrogen-bond acceptors (Lipinski definition) is 6. The molecular weight excluding hydrogens is 384 g/mol. The quantitative estimate of drug-likeness (QED) is 0.559. The molecule has 1 unspecified atom stereocenters. The molecule has 1 aromatic carbocycles. The predicted molar refractivity (Wildman–Crippen MR) is 107 cm³/mol. The number of halogens is 1. The smallest absolute Gasteiger partial charge is 0.336 e. The SMILES string of the molecule is Cc1cc(=O)oc2cc(OC(C)C(=O)NCCCN3CCOCC3)c(Cl)cc12. The number of amides is 1. The number of morpholine rings is 1. The van der Waals surface area contributed by atoms with Gasteiger partial charge in [0.2, 0.25) is 0 Å². The first-order chi connectivity index (χ1) is 13.4. The number of nitrogens with zero attached hydrogens (tertiary/aromatic N) is 1. The molecule has 1 aliphatic rings. The Balaban J connectivity index is 1.54. The third-order valence-corrected chi connectivity index (χ3v) is 5.03. The first-order valence-corrected chi connectivity index (χ1v) is 9.80. The van der Waals surface area contributed by atoms with Crippen LogP contribution in [0.25, 0.3) is 11.0 Å². The average Bonchev–Trinajstić information content (AvgIpc) is 2.67. The third kappa shape index (κ3) is 5.25. The van der Waals surface area contributed by atoms with Crippen molar-refractivity contribution in [1.82, 2.24) is 10.2 Å². The number of aryl methyl sites for hydroxylation is 1. The molecule has 7 nitrogen and oxygen atoms in total. The maximum absolute atomic E-state index is 12.3. The lowest BCUT2D eigenvalue weighted by atomic mass is 10.1. The molecule has 0 aliphatic carbocycles. The number of carbonyl (C=O) groups is 1. The van der Waals surface area contributed by atoms with Crippen LogP contribution >= 0.6 is 11.6 Å². The first kappa shape index (κ1) is 20.6. The molecule has 1 aliphatic heterocycles. The van der Waals surface area contributed by atoms with E-state index in [9.17, 15) is 9.59 Å². The highest BCUT2D eigenvalue weighted by Crippen LogP contribution is 2.31. The van der Waals surface area contributed by atoms with Gasteiger partial charge in [-0.2, -0.15) is 0 Å². The molecule has 1 amide bonds. The van der Waals surface area contributed by atoms with E-state index in [1.165, 1.54) is 6.07 Å². The van der Waals surface area contributed by atoms with E-state index in [1.807, 2.05) is 6.92 Å². The molecule has 2 aromatic rings. The summed E-state index contributed by atoms with van der Waals surface area (Å²) in [5.41, 5.74) is 0.706. The van der Waals surface area contributed by atoms with Crippen molar-refractivity contribution in [3.8, 4) is 5.75 Å². The standard InChI is InChI=1S/C20H25ClN2O5/c1-13-10-19(24)28-17-12-18(16(21)11-15(13)17)27-14(2)20(25)22-4-3-5-23-6-8-26-9-7-23/h10-12,14H,3-9H2,1-2H3,(H,22,25). The topological polar surface area (TPSA) is 81.0 Å². The summed E-state index contributed by atoms with van der Waals surface area (Å²) in [5, 5.41) is 3.97. The lowest BCUT2D eigenvalue weighted by molar-refractivity contribution is -0.127. The number of nitrogens with one attached hydrogen (secondary N) is 1. The number of carbonyl (C=O) groups excluding carboxylic acids is 1. The fourth-order valence-electron chi connectivity index (χ4n) is 3.14. The number of ether oxygens (including phenoxy) is 2. The van der Waals surface area contributed by atoms with E-state index in [2.05, 4.69) is 10.2 Å². The van der Waals surface area contributed by atoms with Gasteiger partial charge in [0.15, 0.2) is 6.10 Å². The Labute approximate surface area is 168 Å². The van der Waals surface area contributed by atoms with Crippen LogP contribution in [-0.2, 0) is 9.53 Å². The molecule has 0 saturated carbocycles. The van der Waals surface area contributed by atoms with Crippen LogP contribution in [0.2, 0.25) is 5.02 Å². The van der Waals surface area contributed by atoms with Crippen LogP contribution in [0.3, 0.4) is 0 Å². The summed E-state index contributed by atoms with van der Waals surface area (Å²) in [7, 11) is 0. The third-order valence-electron chi connectivity index (χ3n) is 4.73. The zero-order valence-corrected chi connectivity index (χ0v) is 16.9. The van der Waals surface area contributed by atoms with Gasteiger partial charge in [0, 0.05) is 37.2 Å². The molecular formula is C20H25ClN2O5. The van der Waals surface area contributed by atoms with Gasteiger partial charge in [0.1, 0.15) is 11.3 Å². The molecule has 152 valence electrons. The second kappa shape index (κ2) is 9.41. The van der Waals surface area contributed by atoms with Crippen molar-refractivity contribution in [2.75, 3.05) is 39.4 Å². The Hall–Kier alpha value is -2.09. The Morgan fingerprint density at radius 3 is 2.82 bits per heavy atom. The highest BCUT2D eigenvalue weighted by molar-refractivity contribution is 6.32. The largest absolute Gasteiger partial charge is 0.479 e. The van der Waals surface area contributed by atoms with Crippen LogP contribution in [0.4, 0.5) is 0 Å². The molecule has 1 fully saturated rings. The van der Waals surface area contributed by atoms with Crippen LogP contribution in [0.1, 0.15) is 18.9 Å². The van der Waals surface area contributed by atoms with E-state index >= 15 is 0 Å². The summed E-state index contributed by atoms with van der Waals surface area (Å²) in [6, 6.07) is 4.64. The zero-order chi connectivity index (χ0) is 20.1. The summed E-state index contributed by atoms with van der Waals surface area (Å²) in [6.45, 7) is 8.37. The van der Waals surface area contributed by atoms with E-state index in [1.54, 1.807) is 19.1 Å². The van der Waals surface area contributed by atoms with Crippen LogP contribution in [0, 0.1) is 6.92 Å². The van der Waals surface area contributed by atoms with Crippen molar-refractivity contribution in [3.05, 3.63) is 39.2 Å². The van der Waals surface area contributed by atoms with Crippen LogP contribution in [-0.4, -0.2) is 56.3 Å². The maximum Gasteiger partial charge on any atom is 0.336 e. The van der Waals surface area contributed by atoms with E-state index < -0.39 is 11.7 Å². The second-order valence-electron chi connectivity index (χ2n) is 6.89. The molecule has 2 heterocycles. The fraction of sp³-hybridized carbons (Fsp3) is 0.500. The average molecular weight is 409 g/mol. The molecule has 3 rings (SSSR count). The Morgan fingerprint density at radius 2 is 2.07 bits per heavy atom. The van der Waals surface area contributed by atoms with Gasteiger partial charge in [-0.3, -0.25) is 9.69 Å². The number of hydrogen-bond donors (Lipinski definition) is 1. The van der Waals surface area contributed by atoms with Gasteiger partial charge in [-0.1, -0.05) is 11.6 Å². The zero-order valence-electron chi connectivity index (χ0n) is 16.1. The molecule has 8 heteroatoms. The lowest BCUT2D eigenvalue weighted by Gasteiger charge is -2.26. The van der Waals surface area contributed by atoms with Crippen molar-refractivity contribution >= 4 is 28.5 Å². The van der Waals surface area contributed by atoms with Crippen molar-refractivity contribution < 1.29 is 18.7 Å².